The lowest BCUT2D eigenvalue weighted by Crippen LogP contribution is -2.47. The second-order valence-corrected chi connectivity index (χ2v) is 10.8. The van der Waals surface area contributed by atoms with Crippen LogP contribution in [0.5, 0.6) is 0 Å². The number of nitrogens with one attached hydrogen (secondary N) is 1. The Morgan fingerprint density at radius 1 is 1.13 bits per heavy atom. The Kier molecular flexibility index (Phi) is 6.95. The molecule has 3 aliphatic heterocycles. The summed E-state index contributed by atoms with van der Waals surface area (Å²) in [6.07, 6.45) is 3.98. The second-order valence-electron chi connectivity index (χ2n) is 10.4. The van der Waals surface area contributed by atoms with Crippen LogP contribution >= 0.6 is 11.6 Å². The number of fused-ring (bicyclic) bond motifs is 2. The number of hydrogen-bond donors (Lipinski definition) is 1. The first-order valence-electron chi connectivity index (χ1n) is 13.2. The summed E-state index contributed by atoms with van der Waals surface area (Å²) in [5.74, 6) is -0.187. The van der Waals surface area contributed by atoms with Crippen LogP contribution in [0.1, 0.15) is 46.8 Å². The summed E-state index contributed by atoms with van der Waals surface area (Å²) in [4.78, 5) is 38.9. The Labute approximate surface area is 231 Å². The SMILES string of the molecule is C[C@@H]1Cc2ccc(F)cc2CN1C(=O)CN1Cc2ccc(-c3nc(NC4CCOCC4)ncc3Cl)cc2C1=O. The number of amides is 2. The number of nitrogens with zero attached hydrogens (tertiary/aromatic N) is 4. The standard InChI is InChI=1S/C29H29ClFN5O3/c1-17-10-18-4-5-22(31)11-21(18)15-36(17)26(37)16-35-14-20-3-2-19(12-24(20)28(35)38)27-25(30)13-32-29(34-27)33-23-6-8-39-9-7-23/h2-5,11-13,17,23H,6-10,14-16H2,1H3,(H,32,33,34)/t17-/m1/s1. The van der Waals surface area contributed by atoms with Crippen LogP contribution in [0.15, 0.2) is 42.6 Å². The van der Waals surface area contributed by atoms with E-state index < -0.39 is 0 Å². The maximum atomic E-state index is 13.8. The molecule has 202 valence electrons. The summed E-state index contributed by atoms with van der Waals surface area (Å²) in [5, 5.41) is 3.74. The van der Waals surface area contributed by atoms with E-state index in [9.17, 15) is 14.0 Å². The molecule has 1 saturated heterocycles. The molecule has 0 saturated carbocycles. The van der Waals surface area contributed by atoms with Gasteiger partial charge in [0, 0.05) is 49.5 Å². The highest BCUT2D eigenvalue weighted by atomic mass is 35.5. The zero-order chi connectivity index (χ0) is 27.1. The van der Waals surface area contributed by atoms with Gasteiger partial charge in [0.15, 0.2) is 0 Å². The summed E-state index contributed by atoms with van der Waals surface area (Å²) in [6.45, 7) is 4.03. The van der Waals surface area contributed by atoms with Gasteiger partial charge >= 0.3 is 0 Å². The average Bonchev–Trinajstić information content (AvgIpc) is 3.24. The third kappa shape index (κ3) is 5.21. The fourth-order valence-electron chi connectivity index (χ4n) is 5.60. The Morgan fingerprint density at radius 3 is 2.74 bits per heavy atom. The number of benzene rings is 2. The zero-order valence-electron chi connectivity index (χ0n) is 21.6. The number of carbonyl (C=O) groups excluding carboxylic acids is 2. The molecule has 3 aromatic rings. The van der Waals surface area contributed by atoms with E-state index in [1.807, 2.05) is 19.1 Å². The number of hydrogen-bond acceptors (Lipinski definition) is 6. The first-order valence-corrected chi connectivity index (χ1v) is 13.6. The molecule has 1 N–H and O–H groups in total. The largest absolute Gasteiger partial charge is 0.381 e. The van der Waals surface area contributed by atoms with E-state index in [-0.39, 0.29) is 36.3 Å². The van der Waals surface area contributed by atoms with E-state index in [2.05, 4.69) is 15.3 Å². The Hall–Kier alpha value is -3.56. The molecule has 2 aromatic carbocycles. The molecular weight excluding hydrogens is 521 g/mol. The lowest BCUT2D eigenvalue weighted by atomic mass is 9.94. The van der Waals surface area contributed by atoms with Crippen LogP contribution in [0.4, 0.5) is 10.3 Å². The Morgan fingerprint density at radius 2 is 1.92 bits per heavy atom. The van der Waals surface area contributed by atoms with E-state index in [0.29, 0.717) is 60.5 Å². The van der Waals surface area contributed by atoms with E-state index in [4.69, 9.17) is 16.3 Å². The molecule has 6 rings (SSSR count). The van der Waals surface area contributed by atoms with E-state index >= 15 is 0 Å². The number of anilines is 1. The first kappa shape index (κ1) is 25.7. The lowest BCUT2D eigenvalue weighted by molar-refractivity contribution is -0.135. The highest BCUT2D eigenvalue weighted by Gasteiger charge is 2.33. The second kappa shape index (κ2) is 10.5. The minimum atomic E-state index is -0.313. The molecule has 39 heavy (non-hydrogen) atoms. The van der Waals surface area contributed by atoms with Gasteiger partial charge in [-0.3, -0.25) is 9.59 Å². The third-order valence-electron chi connectivity index (χ3n) is 7.76. The Bertz CT molecular complexity index is 1440. The van der Waals surface area contributed by atoms with Crippen LogP contribution in [0.25, 0.3) is 11.3 Å². The maximum Gasteiger partial charge on any atom is 0.254 e. The van der Waals surface area contributed by atoms with Crippen LogP contribution in [0.3, 0.4) is 0 Å². The average molecular weight is 550 g/mol. The van der Waals surface area contributed by atoms with E-state index in [1.54, 1.807) is 28.1 Å². The van der Waals surface area contributed by atoms with Gasteiger partial charge in [-0.1, -0.05) is 29.8 Å². The minimum absolute atomic E-state index is 0.0361. The molecule has 0 bridgehead atoms. The maximum absolute atomic E-state index is 13.8. The minimum Gasteiger partial charge on any atom is -0.381 e. The van der Waals surface area contributed by atoms with Gasteiger partial charge in [-0.15, -0.1) is 0 Å². The fraction of sp³-hybridized carbons (Fsp3) is 0.379. The normalized spacial score (nSPS) is 19.2. The molecule has 0 radical (unpaired) electrons. The summed E-state index contributed by atoms with van der Waals surface area (Å²) in [7, 11) is 0. The molecule has 0 spiro atoms. The van der Waals surface area contributed by atoms with Crippen LogP contribution in [-0.4, -0.2) is 63.4 Å². The summed E-state index contributed by atoms with van der Waals surface area (Å²) in [6, 6.07) is 10.5. The molecule has 0 unspecified atom stereocenters. The summed E-state index contributed by atoms with van der Waals surface area (Å²) in [5.41, 5.74) is 4.50. The van der Waals surface area contributed by atoms with Gasteiger partial charge in [-0.2, -0.15) is 0 Å². The number of rotatable bonds is 5. The lowest BCUT2D eigenvalue weighted by Gasteiger charge is -2.36. The number of halogens is 2. The van der Waals surface area contributed by atoms with Crippen molar-refractivity contribution in [3.8, 4) is 11.3 Å². The van der Waals surface area contributed by atoms with Gasteiger partial charge in [-0.05, 0) is 61.1 Å². The van der Waals surface area contributed by atoms with Gasteiger partial charge in [-0.25, -0.2) is 14.4 Å². The molecule has 4 heterocycles. The van der Waals surface area contributed by atoms with E-state index in [1.165, 1.54) is 12.1 Å². The topological polar surface area (TPSA) is 87.7 Å². The molecule has 10 heteroatoms. The van der Waals surface area contributed by atoms with Crippen molar-refractivity contribution < 1.29 is 18.7 Å². The zero-order valence-corrected chi connectivity index (χ0v) is 22.4. The first-order chi connectivity index (χ1) is 18.9. The molecule has 1 atom stereocenters. The van der Waals surface area contributed by atoms with Crippen molar-refractivity contribution in [1.29, 1.82) is 0 Å². The van der Waals surface area contributed by atoms with Crippen LogP contribution in [-0.2, 0) is 29.0 Å². The highest BCUT2D eigenvalue weighted by molar-refractivity contribution is 6.33. The predicted molar refractivity (Wildman–Crippen MR) is 145 cm³/mol. The molecule has 0 aliphatic carbocycles. The van der Waals surface area contributed by atoms with Gasteiger partial charge in [0.1, 0.15) is 12.4 Å². The van der Waals surface area contributed by atoms with Gasteiger partial charge in [0.2, 0.25) is 11.9 Å². The fourth-order valence-corrected chi connectivity index (χ4v) is 5.80. The van der Waals surface area contributed by atoms with Crippen LogP contribution in [0, 0.1) is 5.82 Å². The van der Waals surface area contributed by atoms with Crippen molar-refractivity contribution in [2.45, 2.75) is 51.4 Å². The molecule has 3 aliphatic rings. The van der Waals surface area contributed by atoms with Crippen molar-refractivity contribution in [3.05, 3.63) is 75.7 Å². The quantitative estimate of drug-likeness (QED) is 0.506. The summed E-state index contributed by atoms with van der Waals surface area (Å²) >= 11 is 6.46. The molecule has 2 amide bonds. The number of ether oxygens (including phenoxy) is 1. The smallest absolute Gasteiger partial charge is 0.254 e. The molecular formula is C29H29ClFN5O3. The molecule has 1 aromatic heterocycles. The number of carbonyl (C=O) groups is 2. The monoisotopic (exact) mass is 549 g/mol. The van der Waals surface area contributed by atoms with Crippen molar-refractivity contribution in [3.63, 3.8) is 0 Å². The molecule has 8 nitrogen and oxygen atoms in total. The van der Waals surface area contributed by atoms with Crippen molar-refractivity contribution in [2.75, 3.05) is 25.1 Å². The summed E-state index contributed by atoms with van der Waals surface area (Å²) < 4.78 is 19.2. The highest BCUT2D eigenvalue weighted by Crippen LogP contribution is 2.32. The van der Waals surface area contributed by atoms with Crippen molar-refractivity contribution in [2.24, 2.45) is 0 Å². The third-order valence-corrected chi connectivity index (χ3v) is 8.04. The van der Waals surface area contributed by atoms with Crippen molar-refractivity contribution in [1.82, 2.24) is 19.8 Å². The van der Waals surface area contributed by atoms with Gasteiger partial charge < -0.3 is 19.9 Å². The van der Waals surface area contributed by atoms with Gasteiger partial charge in [0.05, 0.1) is 16.9 Å². The van der Waals surface area contributed by atoms with E-state index in [0.717, 1.165) is 29.5 Å². The van der Waals surface area contributed by atoms with Gasteiger partial charge in [0.25, 0.3) is 5.91 Å². The van der Waals surface area contributed by atoms with Crippen LogP contribution < -0.4 is 5.32 Å². The molecule has 1 fully saturated rings. The Balaban J connectivity index is 1.17. The van der Waals surface area contributed by atoms with Crippen molar-refractivity contribution >= 4 is 29.4 Å². The van der Waals surface area contributed by atoms with Crippen LogP contribution in [0.2, 0.25) is 5.02 Å². The predicted octanol–water partition coefficient (Wildman–Crippen LogP) is 4.46. The number of aromatic nitrogens is 2.